The van der Waals surface area contributed by atoms with E-state index >= 15 is 0 Å². The van der Waals surface area contributed by atoms with E-state index in [9.17, 15) is 5.11 Å². The van der Waals surface area contributed by atoms with Crippen LogP contribution in [0, 0.1) is 0 Å². The summed E-state index contributed by atoms with van der Waals surface area (Å²) in [5.41, 5.74) is 1.23. The van der Waals surface area contributed by atoms with Gasteiger partial charge in [-0.05, 0) is 44.6 Å². The molecule has 0 aromatic heterocycles. The van der Waals surface area contributed by atoms with Crippen LogP contribution in [0.4, 0.5) is 0 Å². The molecule has 3 nitrogen and oxygen atoms in total. The number of likely N-dealkylation sites (N-methyl/N-ethyl adjacent to an activating group) is 1. The summed E-state index contributed by atoms with van der Waals surface area (Å²) >= 11 is 3.44. The van der Waals surface area contributed by atoms with Crippen molar-refractivity contribution in [3.05, 3.63) is 34.3 Å². The highest BCUT2D eigenvalue weighted by molar-refractivity contribution is 9.10. The Morgan fingerprint density at radius 1 is 1.35 bits per heavy atom. The number of halogens is 1. The van der Waals surface area contributed by atoms with Crippen LogP contribution < -0.4 is 5.32 Å². The molecule has 2 rings (SSSR count). The Morgan fingerprint density at radius 2 is 2.05 bits per heavy atom. The molecule has 1 aromatic rings. The fourth-order valence-corrected chi connectivity index (χ4v) is 3.51. The number of aliphatic hydroxyl groups excluding tert-OH is 1. The Morgan fingerprint density at radius 3 is 2.65 bits per heavy atom. The second-order valence-corrected chi connectivity index (χ2v) is 6.94. The Kier molecular flexibility index (Phi) is 5.61. The van der Waals surface area contributed by atoms with E-state index in [2.05, 4.69) is 40.2 Å². The fourth-order valence-electron chi connectivity index (χ4n) is 3.09. The number of hydrogen-bond acceptors (Lipinski definition) is 3. The minimum absolute atomic E-state index is 0.275. The lowest BCUT2D eigenvalue weighted by Gasteiger charge is -2.37. The van der Waals surface area contributed by atoms with Crippen LogP contribution in [0.3, 0.4) is 0 Å². The van der Waals surface area contributed by atoms with E-state index in [4.69, 9.17) is 0 Å². The van der Waals surface area contributed by atoms with Gasteiger partial charge in [-0.1, -0.05) is 40.9 Å². The van der Waals surface area contributed by atoms with E-state index in [1.165, 1.54) is 25.7 Å². The summed E-state index contributed by atoms with van der Waals surface area (Å²) in [4.78, 5) is 2.35. The molecule has 1 atom stereocenters. The largest absolute Gasteiger partial charge is 0.387 e. The molecule has 0 saturated heterocycles. The van der Waals surface area contributed by atoms with E-state index in [0.29, 0.717) is 6.54 Å². The Bertz CT molecular complexity index is 430. The summed E-state index contributed by atoms with van der Waals surface area (Å²) in [5.74, 6) is 0. The van der Waals surface area contributed by atoms with Gasteiger partial charge in [-0.2, -0.15) is 0 Å². The third-order valence-electron chi connectivity index (χ3n) is 4.51. The summed E-state index contributed by atoms with van der Waals surface area (Å²) in [6.45, 7) is 1.55. The third kappa shape index (κ3) is 3.82. The zero-order valence-corrected chi connectivity index (χ0v) is 14.0. The second kappa shape index (κ2) is 7.03. The summed E-state index contributed by atoms with van der Waals surface area (Å²) in [5, 5.41) is 13.7. The highest BCUT2D eigenvalue weighted by Crippen LogP contribution is 2.33. The maximum atomic E-state index is 10.2. The normalized spacial score (nSPS) is 19.4. The number of nitrogens with one attached hydrogen (secondary N) is 1. The third-order valence-corrected chi connectivity index (χ3v) is 5.00. The van der Waals surface area contributed by atoms with Gasteiger partial charge < -0.3 is 15.3 Å². The minimum Gasteiger partial charge on any atom is -0.387 e. The van der Waals surface area contributed by atoms with Gasteiger partial charge >= 0.3 is 0 Å². The monoisotopic (exact) mass is 340 g/mol. The van der Waals surface area contributed by atoms with Gasteiger partial charge in [-0.3, -0.25) is 0 Å². The highest BCUT2D eigenvalue weighted by Gasteiger charge is 2.35. The van der Waals surface area contributed by atoms with Gasteiger partial charge in [0, 0.05) is 23.1 Å². The predicted octanol–water partition coefficient (Wildman–Crippen LogP) is 2.95. The van der Waals surface area contributed by atoms with Crippen molar-refractivity contribution >= 4 is 15.9 Å². The van der Waals surface area contributed by atoms with E-state index in [-0.39, 0.29) is 5.54 Å². The van der Waals surface area contributed by atoms with Crippen molar-refractivity contribution in [1.29, 1.82) is 0 Å². The molecule has 1 unspecified atom stereocenters. The first-order valence-corrected chi connectivity index (χ1v) is 8.14. The number of benzene rings is 1. The van der Waals surface area contributed by atoms with Crippen LogP contribution in [0.2, 0.25) is 0 Å². The molecule has 1 saturated carbocycles. The van der Waals surface area contributed by atoms with Crippen molar-refractivity contribution in [2.45, 2.75) is 37.3 Å². The van der Waals surface area contributed by atoms with Crippen molar-refractivity contribution in [3.8, 4) is 0 Å². The van der Waals surface area contributed by atoms with Gasteiger partial charge in [0.1, 0.15) is 0 Å². The molecule has 112 valence electrons. The Hall–Kier alpha value is -0.420. The molecular weight excluding hydrogens is 316 g/mol. The van der Waals surface area contributed by atoms with Crippen LogP contribution in [-0.4, -0.2) is 42.7 Å². The van der Waals surface area contributed by atoms with Gasteiger partial charge in [0.25, 0.3) is 0 Å². The molecule has 1 aromatic carbocycles. The molecule has 2 N–H and O–H groups in total. The van der Waals surface area contributed by atoms with Crippen LogP contribution in [0.1, 0.15) is 37.4 Å². The molecule has 0 heterocycles. The molecule has 0 aliphatic heterocycles. The van der Waals surface area contributed by atoms with Gasteiger partial charge in [0.15, 0.2) is 0 Å². The van der Waals surface area contributed by atoms with Crippen LogP contribution in [0.25, 0.3) is 0 Å². The SMILES string of the molecule is CN(C)C1(CNCC(O)c2cccc(Br)c2)CCCC1. The van der Waals surface area contributed by atoms with E-state index in [0.717, 1.165) is 16.6 Å². The first-order valence-electron chi connectivity index (χ1n) is 7.35. The van der Waals surface area contributed by atoms with Gasteiger partial charge in [0.05, 0.1) is 6.10 Å². The zero-order valence-electron chi connectivity index (χ0n) is 12.4. The maximum absolute atomic E-state index is 10.2. The second-order valence-electron chi connectivity index (χ2n) is 6.03. The quantitative estimate of drug-likeness (QED) is 0.835. The standard InChI is InChI=1S/C16H25BrN2O/c1-19(2)16(8-3-4-9-16)12-18-11-15(20)13-6-5-7-14(17)10-13/h5-7,10,15,18,20H,3-4,8-9,11-12H2,1-2H3. The van der Waals surface area contributed by atoms with Crippen LogP contribution >= 0.6 is 15.9 Å². The van der Waals surface area contributed by atoms with Crippen LogP contribution in [0.15, 0.2) is 28.7 Å². The molecule has 0 amide bonds. The van der Waals surface area contributed by atoms with Crippen molar-refractivity contribution in [1.82, 2.24) is 10.2 Å². The molecule has 20 heavy (non-hydrogen) atoms. The first-order chi connectivity index (χ1) is 9.53. The van der Waals surface area contributed by atoms with Crippen molar-refractivity contribution in [2.75, 3.05) is 27.2 Å². The zero-order chi connectivity index (χ0) is 14.6. The molecule has 1 aliphatic rings. The van der Waals surface area contributed by atoms with Gasteiger partial charge in [-0.15, -0.1) is 0 Å². The topological polar surface area (TPSA) is 35.5 Å². The molecule has 0 bridgehead atoms. The van der Waals surface area contributed by atoms with Crippen molar-refractivity contribution in [2.24, 2.45) is 0 Å². The summed E-state index contributed by atoms with van der Waals surface area (Å²) in [7, 11) is 4.33. The summed E-state index contributed by atoms with van der Waals surface area (Å²) < 4.78 is 1.01. The molecule has 0 spiro atoms. The minimum atomic E-state index is -0.451. The lowest BCUT2D eigenvalue weighted by atomic mass is 9.96. The van der Waals surface area contributed by atoms with Crippen LogP contribution in [-0.2, 0) is 0 Å². The number of aliphatic hydroxyl groups is 1. The Balaban J connectivity index is 1.86. The number of hydrogen-bond donors (Lipinski definition) is 2. The molecular formula is C16H25BrN2O. The highest BCUT2D eigenvalue weighted by atomic mass is 79.9. The first kappa shape index (κ1) is 16.0. The van der Waals surface area contributed by atoms with E-state index in [1.807, 2.05) is 24.3 Å². The molecule has 1 aliphatic carbocycles. The average Bonchev–Trinajstić information content (AvgIpc) is 2.89. The summed E-state index contributed by atoms with van der Waals surface area (Å²) in [6.07, 6.45) is 4.68. The molecule has 1 fully saturated rings. The maximum Gasteiger partial charge on any atom is 0.0914 e. The van der Waals surface area contributed by atoms with E-state index < -0.39 is 6.10 Å². The van der Waals surface area contributed by atoms with Crippen LogP contribution in [0.5, 0.6) is 0 Å². The predicted molar refractivity (Wildman–Crippen MR) is 86.9 cm³/mol. The number of rotatable bonds is 6. The summed E-state index contributed by atoms with van der Waals surface area (Å²) in [6, 6.07) is 7.88. The lowest BCUT2D eigenvalue weighted by Crippen LogP contribution is -2.50. The number of nitrogens with zero attached hydrogens (tertiary/aromatic N) is 1. The van der Waals surface area contributed by atoms with Crippen molar-refractivity contribution in [3.63, 3.8) is 0 Å². The molecule has 0 radical (unpaired) electrons. The van der Waals surface area contributed by atoms with Gasteiger partial charge in [-0.25, -0.2) is 0 Å². The fraction of sp³-hybridized carbons (Fsp3) is 0.625. The van der Waals surface area contributed by atoms with Crippen molar-refractivity contribution < 1.29 is 5.11 Å². The Labute approximate surface area is 130 Å². The molecule has 4 heteroatoms. The van der Waals surface area contributed by atoms with E-state index in [1.54, 1.807) is 0 Å². The van der Waals surface area contributed by atoms with Gasteiger partial charge in [0.2, 0.25) is 0 Å². The average molecular weight is 341 g/mol. The smallest absolute Gasteiger partial charge is 0.0914 e. The lowest BCUT2D eigenvalue weighted by molar-refractivity contribution is 0.134.